The number of aromatic nitrogens is 2. The fourth-order valence-corrected chi connectivity index (χ4v) is 5.82. The minimum atomic E-state index is -4.06. The zero-order valence-electron chi connectivity index (χ0n) is 20.8. The molecular weight excluding hydrogens is 492 g/mol. The SMILES string of the molecule is COc1ccc(NS(=O)(=O)c2cccc(N3CCCC(C)(C(=O)O)C3)n2)nc1-c1ccccc1C1CC1. The van der Waals surface area contributed by atoms with E-state index in [1.54, 1.807) is 38.3 Å². The second-order valence-electron chi connectivity index (χ2n) is 9.94. The van der Waals surface area contributed by atoms with Crippen LogP contribution in [-0.2, 0) is 14.8 Å². The van der Waals surface area contributed by atoms with Crippen molar-refractivity contribution in [1.82, 2.24) is 9.97 Å². The van der Waals surface area contributed by atoms with Gasteiger partial charge >= 0.3 is 5.97 Å². The highest BCUT2D eigenvalue weighted by Gasteiger charge is 2.38. The van der Waals surface area contributed by atoms with Crippen LogP contribution in [0.3, 0.4) is 0 Å². The van der Waals surface area contributed by atoms with Crippen molar-refractivity contribution in [1.29, 1.82) is 0 Å². The molecule has 5 rings (SSSR count). The van der Waals surface area contributed by atoms with Crippen LogP contribution in [0.5, 0.6) is 5.75 Å². The van der Waals surface area contributed by atoms with Gasteiger partial charge in [-0.3, -0.25) is 9.52 Å². The van der Waals surface area contributed by atoms with E-state index in [-0.39, 0.29) is 17.4 Å². The van der Waals surface area contributed by atoms with Gasteiger partial charge in [0.15, 0.2) is 5.03 Å². The fraction of sp³-hybridized carbons (Fsp3) is 0.370. The monoisotopic (exact) mass is 522 g/mol. The number of benzene rings is 1. The van der Waals surface area contributed by atoms with Gasteiger partial charge in [0.1, 0.15) is 23.1 Å². The molecule has 9 nitrogen and oxygen atoms in total. The topological polar surface area (TPSA) is 122 Å². The molecule has 2 N–H and O–H groups in total. The van der Waals surface area contributed by atoms with Crippen molar-refractivity contribution in [3.63, 3.8) is 0 Å². The Labute approximate surface area is 216 Å². The zero-order chi connectivity index (χ0) is 26.2. The van der Waals surface area contributed by atoms with Gasteiger partial charge in [0.05, 0.1) is 12.5 Å². The first-order valence-electron chi connectivity index (χ1n) is 12.3. The summed E-state index contributed by atoms with van der Waals surface area (Å²) >= 11 is 0. The molecule has 0 spiro atoms. The number of anilines is 2. The van der Waals surface area contributed by atoms with Gasteiger partial charge in [-0.15, -0.1) is 0 Å². The second kappa shape index (κ2) is 9.66. The Hall–Kier alpha value is -3.66. The van der Waals surface area contributed by atoms with Gasteiger partial charge in [0.2, 0.25) is 0 Å². The molecule has 2 fully saturated rings. The van der Waals surface area contributed by atoms with Gasteiger partial charge < -0.3 is 14.7 Å². The van der Waals surface area contributed by atoms with Crippen molar-refractivity contribution in [2.24, 2.45) is 5.41 Å². The predicted octanol–water partition coefficient (Wildman–Crippen LogP) is 4.52. The first kappa shape index (κ1) is 25.0. The van der Waals surface area contributed by atoms with Gasteiger partial charge in [0.25, 0.3) is 10.0 Å². The molecule has 1 aromatic carbocycles. The molecule has 0 bridgehead atoms. The average Bonchev–Trinajstić information content (AvgIpc) is 3.74. The summed E-state index contributed by atoms with van der Waals surface area (Å²) in [5.41, 5.74) is 1.77. The summed E-state index contributed by atoms with van der Waals surface area (Å²) in [7, 11) is -2.49. The number of hydrogen-bond acceptors (Lipinski definition) is 7. The minimum Gasteiger partial charge on any atom is -0.494 e. The summed E-state index contributed by atoms with van der Waals surface area (Å²) < 4.78 is 34.7. The Balaban J connectivity index is 1.43. The number of sulfonamides is 1. The van der Waals surface area contributed by atoms with Crippen molar-refractivity contribution >= 4 is 27.6 Å². The predicted molar refractivity (Wildman–Crippen MR) is 140 cm³/mol. The van der Waals surface area contributed by atoms with Crippen molar-refractivity contribution < 1.29 is 23.1 Å². The van der Waals surface area contributed by atoms with Crippen molar-refractivity contribution in [2.75, 3.05) is 29.8 Å². The molecule has 1 aliphatic carbocycles. The number of carbonyl (C=O) groups is 1. The lowest BCUT2D eigenvalue weighted by Gasteiger charge is -2.38. The number of nitrogens with one attached hydrogen (secondary N) is 1. The van der Waals surface area contributed by atoms with Crippen LogP contribution in [0.25, 0.3) is 11.3 Å². The van der Waals surface area contributed by atoms with E-state index in [9.17, 15) is 18.3 Å². The van der Waals surface area contributed by atoms with Gasteiger partial charge in [-0.25, -0.2) is 9.97 Å². The maximum absolute atomic E-state index is 13.3. The van der Waals surface area contributed by atoms with Crippen LogP contribution in [0.2, 0.25) is 0 Å². The number of piperidine rings is 1. The summed E-state index contributed by atoms with van der Waals surface area (Å²) in [4.78, 5) is 22.6. The first-order valence-corrected chi connectivity index (χ1v) is 13.8. The lowest BCUT2D eigenvalue weighted by Crippen LogP contribution is -2.46. The normalized spacial score (nSPS) is 19.9. The largest absolute Gasteiger partial charge is 0.494 e. The third kappa shape index (κ3) is 5.11. The van der Waals surface area contributed by atoms with Crippen molar-refractivity contribution in [2.45, 2.75) is 43.6 Å². The maximum Gasteiger partial charge on any atom is 0.311 e. The Kier molecular flexibility index (Phi) is 6.53. The number of rotatable bonds is 8. The molecule has 3 aromatic rings. The number of carboxylic acid groups (broad SMARTS) is 1. The molecule has 194 valence electrons. The molecule has 0 radical (unpaired) electrons. The maximum atomic E-state index is 13.3. The summed E-state index contributed by atoms with van der Waals surface area (Å²) in [6.07, 6.45) is 3.49. The van der Waals surface area contributed by atoms with Crippen LogP contribution >= 0.6 is 0 Å². The number of pyridine rings is 2. The summed E-state index contributed by atoms with van der Waals surface area (Å²) in [6.45, 7) is 2.57. The molecule has 2 aliphatic rings. The fourth-order valence-electron chi connectivity index (χ4n) is 4.85. The molecule has 37 heavy (non-hydrogen) atoms. The molecule has 10 heteroatoms. The minimum absolute atomic E-state index is 0.157. The van der Waals surface area contributed by atoms with E-state index >= 15 is 0 Å². The molecule has 3 heterocycles. The van der Waals surface area contributed by atoms with E-state index in [0.717, 1.165) is 18.4 Å². The zero-order valence-corrected chi connectivity index (χ0v) is 21.7. The molecule has 1 saturated carbocycles. The second-order valence-corrected chi connectivity index (χ2v) is 11.6. The molecule has 2 aromatic heterocycles. The van der Waals surface area contributed by atoms with Crippen LogP contribution in [0.15, 0.2) is 59.6 Å². The summed E-state index contributed by atoms with van der Waals surface area (Å²) in [5, 5.41) is 9.47. The smallest absolute Gasteiger partial charge is 0.311 e. The van der Waals surface area contributed by atoms with Crippen LogP contribution in [0, 0.1) is 5.41 Å². The first-order chi connectivity index (χ1) is 17.7. The van der Waals surface area contributed by atoms with Crippen LogP contribution < -0.4 is 14.4 Å². The van der Waals surface area contributed by atoms with E-state index in [2.05, 4.69) is 20.8 Å². The van der Waals surface area contributed by atoms with Crippen LogP contribution in [-0.4, -0.2) is 49.7 Å². The van der Waals surface area contributed by atoms with Crippen molar-refractivity contribution in [3.8, 4) is 17.0 Å². The van der Waals surface area contributed by atoms with Crippen molar-refractivity contribution in [3.05, 3.63) is 60.2 Å². The molecule has 1 saturated heterocycles. The third-order valence-electron chi connectivity index (χ3n) is 7.07. The number of aliphatic carboxylic acids is 1. The van der Waals surface area contributed by atoms with E-state index in [0.29, 0.717) is 42.6 Å². The summed E-state index contributed by atoms with van der Waals surface area (Å²) in [5.74, 6) is 0.754. The number of hydrogen-bond donors (Lipinski definition) is 2. The Bertz CT molecular complexity index is 1440. The van der Waals surface area contributed by atoms with Gasteiger partial charge in [-0.1, -0.05) is 30.3 Å². The Morgan fingerprint density at radius 2 is 1.89 bits per heavy atom. The molecule has 1 atom stereocenters. The average molecular weight is 523 g/mol. The lowest BCUT2D eigenvalue weighted by molar-refractivity contribution is -0.148. The quantitative estimate of drug-likeness (QED) is 0.443. The third-order valence-corrected chi connectivity index (χ3v) is 8.33. The van der Waals surface area contributed by atoms with E-state index < -0.39 is 21.4 Å². The number of ether oxygens (including phenoxy) is 1. The highest BCUT2D eigenvalue weighted by molar-refractivity contribution is 7.92. The van der Waals surface area contributed by atoms with E-state index in [1.165, 1.54) is 11.6 Å². The van der Waals surface area contributed by atoms with E-state index in [1.807, 2.05) is 23.1 Å². The highest BCUT2D eigenvalue weighted by atomic mass is 32.2. The molecule has 1 aliphatic heterocycles. The van der Waals surface area contributed by atoms with Gasteiger partial charge in [0, 0.05) is 18.7 Å². The molecule has 0 amide bonds. The Morgan fingerprint density at radius 3 is 2.62 bits per heavy atom. The number of methoxy groups -OCH3 is 1. The standard InChI is InChI=1S/C27H30N4O5S/c1-27(26(32)33)15-6-16-31(17-27)23-9-5-10-24(29-23)37(34,35)30-22-14-13-21(36-2)25(28-22)20-8-4-3-7-19(20)18-11-12-18/h3-5,7-10,13-14,18H,6,11-12,15-17H2,1-2H3,(H,28,30)(H,32,33). The van der Waals surface area contributed by atoms with Crippen LogP contribution in [0.4, 0.5) is 11.6 Å². The highest BCUT2D eigenvalue weighted by Crippen LogP contribution is 2.45. The van der Waals surface area contributed by atoms with Gasteiger partial charge in [-0.2, -0.15) is 8.42 Å². The number of carboxylic acids is 1. The van der Waals surface area contributed by atoms with Crippen LogP contribution in [0.1, 0.15) is 44.1 Å². The lowest BCUT2D eigenvalue weighted by atomic mass is 9.82. The van der Waals surface area contributed by atoms with Gasteiger partial charge in [-0.05, 0) is 68.4 Å². The Morgan fingerprint density at radius 1 is 1.11 bits per heavy atom. The summed E-state index contributed by atoms with van der Waals surface area (Å²) in [6, 6.07) is 16.0. The molecular formula is C27H30N4O5S. The van der Waals surface area contributed by atoms with E-state index in [4.69, 9.17) is 4.74 Å². The molecule has 1 unspecified atom stereocenters. The number of nitrogens with zero attached hydrogens (tertiary/aromatic N) is 3.